The highest BCUT2D eigenvalue weighted by molar-refractivity contribution is 5.81. The number of hydrogen-bond acceptors (Lipinski definition) is 3. The number of ether oxygens (including phenoxy) is 1. The van der Waals surface area contributed by atoms with E-state index in [9.17, 15) is 14.0 Å². The summed E-state index contributed by atoms with van der Waals surface area (Å²) in [5.74, 6) is -0.813. The fraction of sp³-hybridized carbons (Fsp3) is 0.286. The molecule has 0 spiro atoms. The van der Waals surface area contributed by atoms with Crippen LogP contribution in [-0.2, 0) is 16.0 Å². The standard InChI is InChI=1S/C14H17FN2O3/c1-4-14(2,3)20-13(19)17-16-12(18)9-10-5-7-11(15)8-6-10/h4-8H,1,9H2,2-3H3,(H,16,18)(H,17,19). The van der Waals surface area contributed by atoms with Crippen LogP contribution in [0.4, 0.5) is 9.18 Å². The normalized spacial score (nSPS) is 10.6. The molecule has 20 heavy (non-hydrogen) atoms. The zero-order chi connectivity index (χ0) is 15.2. The highest BCUT2D eigenvalue weighted by Crippen LogP contribution is 2.09. The van der Waals surface area contributed by atoms with Gasteiger partial charge in [0.2, 0.25) is 5.91 Å². The van der Waals surface area contributed by atoms with Crippen LogP contribution in [0.3, 0.4) is 0 Å². The molecule has 0 aromatic heterocycles. The van der Waals surface area contributed by atoms with Gasteiger partial charge in [-0.2, -0.15) is 0 Å². The summed E-state index contributed by atoms with van der Waals surface area (Å²) < 4.78 is 17.7. The number of hydrogen-bond donors (Lipinski definition) is 2. The van der Waals surface area contributed by atoms with Gasteiger partial charge in [-0.15, -0.1) is 0 Å². The fourth-order valence-electron chi connectivity index (χ4n) is 1.26. The second kappa shape index (κ2) is 6.70. The monoisotopic (exact) mass is 280 g/mol. The molecule has 1 aromatic carbocycles. The lowest BCUT2D eigenvalue weighted by Gasteiger charge is -2.20. The molecule has 0 saturated heterocycles. The maximum absolute atomic E-state index is 12.7. The van der Waals surface area contributed by atoms with Crippen LogP contribution in [0.2, 0.25) is 0 Å². The minimum Gasteiger partial charge on any atom is -0.438 e. The first-order chi connectivity index (χ1) is 9.32. The molecule has 0 saturated carbocycles. The van der Waals surface area contributed by atoms with Crippen molar-refractivity contribution in [2.45, 2.75) is 25.9 Å². The molecule has 0 radical (unpaired) electrons. The predicted octanol–water partition coefficient (Wildman–Crippen LogP) is 2.09. The first-order valence-corrected chi connectivity index (χ1v) is 5.98. The van der Waals surface area contributed by atoms with Gasteiger partial charge >= 0.3 is 6.09 Å². The molecule has 108 valence electrons. The second-order valence-corrected chi connectivity index (χ2v) is 4.67. The maximum Gasteiger partial charge on any atom is 0.426 e. The van der Waals surface area contributed by atoms with Crippen molar-refractivity contribution in [2.24, 2.45) is 0 Å². The molecule has 2 amide bonds. The SMILES string of the molecule is C=CC(C)(C)OC(=O)NNC(=O)Cc1ccc(F)cc1. The van der Waals surface area contributed by atoms with Crippen molar-refractivity contribution in [3.63, 3.8) is 0 Å². The van der Waals surface area contributed by atoms with Gasteiger partial charge in [0.25, 0.3) is 0 Å². The number of rotatable bonds is 4. The van der Waals surface area contributed by atoms with Crippen LogP contribution in [0.25, 0.3) is 0 Å². The van der Waals surface area contributed by atoms with Gasteiger partial charge in [0.1, 0.15) is 11.4 Å². The van der Waals surface area contributed by atoms with Gasteiger partial charge < -0.3 is 4.74 Å². The van der Waals surface area contributed by atoms with Gasteiger partial charge in [0.15, 0.2) is 0 Å². The van der Waals surface area contributed by atoms with Crippen molar-refractivity contribution in [1.29, 1.82) is 0 Å². The minimum absolute atomic E-state index is 0.0193. The van der Waals surface area contributed by atoms with Gasteiger partial charge in [-0.05, 0) is 37.6 Å². The van der Waals surface area contributed by atoms with E-state index in [0.717, 1.165) is 0 Å². The van der Waals surface area contributed by atoms with E-state index in [1.807, 2.05) is 0 Å². The molecule has 6 heteroatoms. The third-order valence-electron chi connectivity index (χ3n) is 2.43. The zero-order valence-electron chi connectivity index (χ0n) is 11.4. The molecular weight excluding hydrogens is 263 g/mol. The van der Waals surface area contributed by atoms with Gasteiger partial charge in [-0.25, -0.2) is 14.6 Å². The second-order valence-electron chi connectivity index (χ2n) is 4.67. The molecule has 0 aliphatic carbocycles. The first kappa shape index (κ1) is 15.7. The number of nitrogens with one attached hydrogen (secondary N) is 2. The molecule has 0 heterocycles. The Bertz CT molecular complexity index is 498. The van der Waals surface area contributed by atoms with E-state index in [4.69, 9.17) is 4.74 Å². The number of amides is 2. The smallest absolute Gasteiger partial charge is 0.426 e. The summed E-state index contributed by atoms with van der Waals surface area (Å²) in [6, 6.07) is 5.51. The lowest BCUT2D eigenvalue weighted by atomic mass is 10.1. The predicted molar refractivity (Wildman–Crippen MR) is 72.1 cm³/mol. The topological polar surface area (TPSA) is 67.4 Å². The summed E-state index contributed by atoms with van der Waals surface area (Å²) in [5.41, 5.74) is 4.13. The quantitative estimate of drug-likeness (QED) is 0.655. The molecule has 0 aliphatic rings. The van der Waals surface area contributed by atoms with Crippen LogP contribution < -0.4 is 10.9 Å². The summed E-state index contributed by atoms with van der Waals surface area (Å²) >= 11 is 0. The molecule has 0 fully saturated rings. The molecule has 0 aliphatic heterocycles. The van der Waals surface area contributed by atoms with E-state index >= 15 is 0 Å². The van der Waals surface area contributed by atoms with E-state index in [2.05, 4.69) is 17.4 Å². The summed E-state index contributed by atoms with van der Waals surface area (Å²) in [5, 5.41) is 0. The minimum atomic E-state index is -0.828. The van der Waals surface area contributed by atoms with E-state index in [0.29, 0.717) is 5.56 Å². The number of hydrazine groups is 1. The highest BCUT2D eigenvalue weighted by atomic mass is 19.1. The van der Waals surface area contributed by atoms with Crippen molar-refractivity contribution in [1.82, 2.24) is 10.9 Å². The molecule has 1 rings (SSSR count). The van der Waals surface area contributed by atoms with Gasteiger partial charge in [0.05, 0.1) is 6.42 Å². The number of carbonyl (C=O) groups excluding carboxylic acids is 2. The Kier molecular flexibility index (Phi) is 5.25. The molecule has 1 aromatic rings. The summed E-state index contributed by atoms with van der Waals surface area (Å²) in [4.78, 5) is 22.9. The lowest BCUT2D eigenvalue weighted by Crippen LogP contribution is -2.45. The Labute approximate surface area is 116 Å². The molecule has 0 bridgehead atoms. The molecule has 2 N–H and O–H groups in total. The van der Waals surface area contributed by atoms with Crippen molar-refractivity contribution < 1.29 is 18.7 Å². The largest absolute Gasteiger partial charge is 0.438 e. The molecular formula is C14H17FN2O3. The van der Waals surface area contributed by atoms with E-state index in [1.165, 1.54) is 30.3 Å². The zero-order valence-corrected chi connectivity index (χ0v) is 11.4. The summed E-state index contributed by atoms with van der Waals surface area (Å²) in [7, 11) is 0. The maximum atomic E-state index is 12.7. The van der Waals surface area contributed by atoms with Crippen LogP contribution in [0.15, 0.2) is 36.9 Å². The Morgan fingerprint density at radius 1 is 1.30 bits per heavy atom. The van der Waals surface area contributed by atoms with Crippen molar-refractivity contribution in [3.05, 3.63) is 48.3 Å². The number of carbonyl (C=O) groups is 2. The van der Waals surface area contributed by atoms with Crippen molar-refractivity contribution >= 4 is 12.0 Å². The lowest BCUT2D eigenvalue weighted by molar-refractivity contribution is -0.121. The average molecular weight is 280 g/mol. The number of benzene rings is 1. The molecule has 0 atom stereocenters. The van der Waals surface area contributed by atoms with E-state index in [1.54, 1.807) is 13.8 Å². The Hall–Kier alpha value is -2.37. The average Bonchev–Trinajstić information content (AvgIpc) is 2.39. The van der Waals surface area contributed by atoms with Crippen LogP contribution in [0, 0.1) is 5.82 Å². The third-order valence-corrected chi connectivity index (χ3v) is 2.43. The number of halogens is 1. The Balaban J connectivity index is 2.38. The van der Waals surface area contributed by atoms with Crippen LogP contribution >= 0.6 is 0 Å². The fourth-order valence-corrected chi connectivity index (χ4v) is 1.26. The van der Waals surface area contributed by atoms with Crippen molar-refractivity contribution in [2.75, 3.05) is 0 Å². The van der Waals surface area contributed by atoms with Crippen LogP contribution in [-0.4, -0.2) is 17.6 Å². The van der Waals surface area contributed by atoms with Crippen molar-refractivity contribution in [3.8, 4) is 0 Å². The Morgan fingerprint density at radius 3 is 2.45 bits per heavy atom. The highest BCUT2D eigenvalue weighted by Gasteiger charge is 2.18. The van der Waals surface area contributed by atoms with E-state index < -0.39 is 17.6 Å². The van der Waals surface area contributed by atoms with Crippen LogP contribution in [0.1, 0.15) is 19.4 Å². The molecule has 0 unspecified atom stereocenters. The Morgan fingerprint density at radius 2 is 1.90 bits per heavy atom. The summed E-state index contributed by atoms with van der Waals surface area (Å²) in [6.07, 6.45) is 0.695. The summed E-state index contributed by atoms with van der Waals surface area (Å²) in [6.45, 7) is 6.83. The third kappa shape index (κ3) is 5.51. The molecule has 5 nitrogen and oxygen atoms in total. The van der Waals surface area contributed by atoms with Gasteiger partial charge in [0, 0.05) is 0 Å². The van der Waals surface area contributed by atoms with Gasteiger partial charge in [-0.1, -0.05) is 18.7 Å². The van der Waals surface area contributed by atoms with Gasteiger partial charge in [-0.3, -0.25) is 10.2 Å². The van der Waals surface area contributed by atoms with E-state index in [-0.39, 0.29) is 12.2 Å². The van der Waals surface area contributed by atoms with Crippen LogP contribution in [0.5, 0.6) is 0 Å². The first-order valence-electron chi connectivity index (χ1n) is 5.98.